The van der Waals surface area contributed by atoms with Crippen LogP contribution < -0.4 is 5.56 Å². The lowest BCUT2D eigenvalue weighted by Gasteiger charge is -2.32. The Labute approximate surface area is 168 Å². The lowest BCUT2D eigenvalue weighted by molar-refractivity contribution is 0.0680. The summed E-state index contributed by atoms with van der Waals surface area (Å²) in [7, 11) is 0. The van der Waals surface area contributed by atoms with Gasteiger partial charge in [-0.2, -0.15) is 5.10 Å². The van der Waals surface area contributed by atoms with Gasteiger partial charge in [0.05, 0.1) is 5.69 Å². The maximum absolute atomic E-state index is 13.1. The number of likely N-dealkylation sites (tertiary alicyclic amines) is 1. The lowest BCUT2D eigenvalue weighted by Crippen LogP contribution is -2.40. The summed E-state index contributed by atoms with van der Waals surface area (Å²) in [4.78, 5) is 26.6. The molecular weight excluding hydrogens is 369 g/mol. The van der Waals surface area contributed by atoms with E-state index in [-0.39, 0.29) is 23.2 Å². The van der Waals surface area contributed by atoms with Crippen molar-refractivity contribution in [1.29, 1.82) is 0 Å². The minimum absolute atomic E-state index is 0.0789. The van der Waals surface area contributed by atoms with Crippen LogP contribution in [0.15, 0.2) is 71.5 Å². The van der Waals surface area contributed by atoms with Gasteiger partial charge in [-0.3, -0.25) is 9.59 Å². The summed E-state index contributed by atoms with van der Waals surface area (Å²) in [5, 5.41) is 4.53. The second kappa shape index (κ2) is 8.39. The van der Waals surface area contributed by atoms with E-state index in [1.54, 1.807) is 17.0 Å². The molecule has 0 atom stereocenters. The van der Waals surface area contributed by atoms with Crippen LogP contribution in [0.25, 0.3) is 11.3 Å². The number of halogens is 1. The summed E-state index contributed by atoms with van der Waals surface area (Å²) in [5.41, 5.74) is 2.13. The second-order valence-corrected chi connectivity index (χ2v) is 7.35. The smallest absolute Gasteiger partial charge is 0.266 e. The summed E-state index contributed by atoms with van der Waals surface area (Å²) in [6, 6.07) is 18.7. The minimum Gasteiger partial charge on any atom is -0.339 e. The van der Waals surface area contributed by atoms with E-state index in [2.05, 4.69) is 5.10 Å². The molecule has 2 heterocycles. The predicted molar refractivity (Wildman–Crippen MR) is 109 cm³/mol. The molecule has 0 aliphatic carbocycles. The molecule has 1 aliphatic rings. The van der Waals surface area contributed by atoms with Gasteiger partial charge in [-0.05, 0) is 49.1 Å². The molecule has 148 valence electrons. The summed E-state index contributed by atoms with van der Waals surface area (Å²) in [6.07, 6.45) is 1.60. The van der Waals surface area contributed by atoms with Crippen LogP contribution in [-0.4, -0.2) is 33.7 Å². The standard InChI is InChI=1S/C23H22FN3O2/c24-20-8-6-19(7-9-20)23(29)26-14-12-17(13-15-26)16-27-22(28)11-10-21(25-27)18-4-2-1-3-5-18/h1-11,17H,12-16H2. The van der Waals surface area contributed by atoms with Crippen LogP contribution in [0.2, 0.25) is 0 Å². The average Bonchev–Trinajstić information content (AvgIpc) is 2.76. The summed E-state index contributed by atoms with van der Waals surface area (Å²) < 4.78 is 14.6. The highest BCUT2D eigenvalue weighted by atomic mass is 19.1. The van der Waals surface area contributed by atoms with Gasteiger partial charge in [0.1, 0.15) is 5.82 Å². The van der Waals surface area contributed by atoms with Gasteiger partial charge in [0, 0.05) is 36.8 Å². The molecule has 1 aromatic heterocycles. The molecule has 0 spiro atoms. The van der Waals surface area contributed by atoms with Crippen LogP contribution in [0.1, 0.15) is 23.2 Å². The number of benzene rings is 2. The highest BCUT2D eigenvalue weighted by molar-refractivity contribution is 5.94. The number of piperidine rings is 1. The van der Waals surface area contributed by atoms with E-state index >= 15 is 0 Å². The third kappa shape index (κ3) is 4.42. The molecule has 5 nitrogen and oxygen atoms in total. The van der Waals surface area contributed by atoms with Crippen LogP contribution >= 0.6 is 0 Å². The van der Waals surface area contributed by atoms with E-state index in [1.165, 1.54) is 28.9 Å². The van der Waals surface area contributed by atoms with Crippen molar-refractivity contribution in [3.63, 3.8) is 0 Å². The summed E-state index contributed by atoms with van der Waals surface area (Å²) >= 11 is 0. The first-order valence-corrected chi connectivity index (χ1v) is 9.78. The van der Waals surface area contributed by atoms with Gasteiger partial charge in [-0.1, -0.05) is 30.3 Å². The highest BCUT2D eigenvalue weighted by Crippen LogP contribution is 2.21. The van der Waals surface area contributed by atoms with Gasteiger partial charge in [0.25, 0.3) is 11.5 Å². The molecule has 0 saturated carbocycles. The van der Waals surface area contributed by atoms with E-state index in [1.807, 2.05) is 30.3 Å². The Morgan fingerprint density at radius 2 is 1.66 bits per heavy atom. The molecule has 0 radical (unpaired) electrons. The van der Waals surface area contributed by atoms with Crippen molar-refractivity contribution in [3.05, 3.63) is 88.5 Å². The topological polar surface area (TPSA) is 55.2 Å². The van der Waals surface area contributed by atoms with E-state index < -0.39 is 0 Å². The quantitative estimate of drug-likeness (QED) is 0.683. The minimum atomic E-state index is -0.351. The largest absolute Gasteiger partial charge is 0.339 e. The normalized spacial score (nSPS) is 14.7. The fourth-order valence-electron chi connectivity index (χ4n) is 3.68. The fraction of sp³-hybridized carbons (Fsp3) is 0.261. The Bertz CT molecular complexity index is 1040. The number of hydrogen-bond acceptors (Lipinski definition) is 3. The molecule has 1 fully saturated rings. The zero-order valence-electron chi connectivity index (χ0n) is 16.0. The van der Waals surface area contributed by atoms with E-state index in [9.17, 15) is 14.0 Å². The molecular formula is C23H22FN3O2. The predicted octanol–water partition coefficient (Wildman–Crippen LogP) is 3.60. The molecule has 0 unspecified atom stereocenters. The first-order chi connectivity index (χ1) is 14.1. The zero-order chi connectivity index (χ0) is 20.2. The third-order valence-electron chi connectivity index (χ3n) is 5.36. The number of hydrogen-bond donors (Lipinski definition) is 0. The summed E-state index contributed by atoms with van der Waals surface area (Å²) in [6.45, 7) is 1.78. The average molecular weight is 391 g/mol. The molecule has 0 bridgehead atoms. The Hall–Kier alpha value is -3.28. The van der Waals surface area contributed by atoms with Crippen molar-refractivity contribution < 1.29 is 9.18 Å². The highest BCUT2D eigenvalue weighted by Gasteiger charge is 2.24. The molecule has 2 aromatic carbocycles. The summed E-state index contributed by atoms with van der Waals surface area (Å²) in [5.74, 6) is -0.149. The molecule has 4 rings (SSSR count). The maximum atomic E-state index is 13.1. The number of aromatic nitrogens is 2. The van der Waals surface area contributed by atoms with Gasteiger partial charge in [0.15, 0.2) is 0 Å². The van der Waals surface area contributed by atoms with E-state index in [0.29, 0.717) is 25.2 Å². The van der Waals surface area contributed by atoms with E-state index in [4.69, 9.17) is 0 Å². The van der Waals surface area contributed by atoms with E-state index in [0.717, 1.165) is 24.1 Å². The number of carbonyl (C=O) groups excluding carboxylic acids is 1. The van der Waals surface area contributed by atoms with Crippen molar-refractivity contribution in [1.82, 2.24) is 14.7 Å². The molecule has 29 heavy (non-hydrogen) atoms. The fourth-order valence-corrected chi connectivity index (χ4v) is 3.68. The van der Waals surface area contributed by atoms with Crippen molar-refractivity contribution in [2.24, 2.45) is 5.92 Å². The van der Waals surface area contributed by atoms with Crippen LogP contribution in [-0.2, 0) is 6.54 Å². The third-order valence-corrected chi connectivity index (χ3v) is 5.36. The van der Waals surface area contributed by atoms with Gasteiger partial charge in [-0.15, -0.1) is 0 Å². The molecule has 0 N–H and O–H groups in total. The van der Waals surface area contributed by atoms with Crippen LogP contribution in [0.5, 0.6) is 0 Å². The monoisotopic (exact) mass is 391 g/mol. The zero-order valence-corrected chi connectivity index (χ0v) is 16.0. The maximum Gasteiger partial charge on any atom is 0.266 e. The number of carbonyl (C=O) groups is 1. The number of nitrogens with zero attached hydrogens (tertiary/aromatic N) is 3. The van der Waals surface area contributed by atoms with Gasteiger partial charge in [-0.25, -0.2) is 9.07 Å². The molecule has 6 heteroatoms. The van der Waals surface area contributed by atoms with Crippen LogP contribution in [0, 0.1) is 11.7 Å². The van der Waals surface area contributed by atoms with Crippen LogP contribution in [0.4, 0.5) is 4.39 Å². The Kier molecular flexibility index (Phi) is 5.51. The number of amides is 1. The molecule has 1 aliphatic heterocycles. The SMILES string of the molecule is O=C(c1ccc(F)cc1)N1CCC(Cn2nc(-c3ccccc3)ccc2=O)CC1. The Balaban J connectivity index is 1.40. The number of rotatable bonds is 4. The van der Waals surface area contributed by atoms with Gasteiger partial charge >= 0.3 is 0 Å². The van der Waals surface area contributed by atoms with Crippen molar-refractivity contribution in [3.8, 4) is 11.3 Å². The Morgan fingerprint density at radius 3 is 2.34 bits per heavy atom. The van der Waals surface area contributed by atoms with Crippen molar-refractivity contribution >= 4 is 5.91 Å². The Morgan fingerprint density at radius 1 is 0.966 bits per heavy atom. The van der Waals surface area contributed by atoms with Gasteiger partial charge in [0.2, 0.25) is 0 Å². The second-order valence-electron chi connectivity index (χ2n) is 7.35. The van der Waals surface area contributed by atoms with Crippen LogP contribution in [0.3, 0.4) is 0 Å². The van der Waals surface area contributed by atoms with Gasteiger partial charge < -0.3 is 4.90 Å². The first kappa shape index (κ1) is 19.1. The molecule has 1 saturated heterocycles. The first-order valence-electron chi connectivity index (χ1n) is 9.78. The lowest BCUT2D eigenvalue weighted by atomic mass is 9.96. The molecule has 3 aromatic rings. The molecule has 1 amide bonds. The van der Waals surface area contributed by atoms with Crippen molar-refractivity contribution in [2.75, 3.05) is 13.1 Å². The van der Waals surface area contributed by atoms with Crippen molar-refractivity contribution in [2.45, 2.75) is 19.4 Å².